The normalized spacial score (nSPS) is 14.6. The quantitative estimate of drug-likeness (QED) is 0.558. The summed E-state index contributed by atoms with van der Waals surface area (Å²) < 4.78 is 1.02. The molecular weight excluding hydrogens is 281 g/mol. The van der Waals surface area contributed by atoms with Crippen molar-refractivity contribution in [1.29, 1.82) is 0 Å². The monoisotopic (exact) mass is 299 g/mol. The van der Waals surface area contributed by atoms with Gasteiger partial charge in [-0.05, 0) is 37.0 Å². The molecule has 0 aromatic heterocycles. The van der Waals surface area contributed by atoms with Crippen LogP contribution in [0.25, 0.3) is 0 Å². The number of hydrogen-bond donors (Lipinski definition) is 3. The van der Waals surface area contributed by atoms with Crippen LogP contribution in [0.1, 0.15) is 24.5 Å². The molecule has 0 bridgehead atoms. The Balaban J connectivity index is 2.86. The second-order valence-corrected chi connectivity index (χ2v) is 5.46. The number of nitrogens with two attached hydrogens (primary N) is 1. The zero-order chi connectivity index (χ0) is 13.1. The lowest BCUT2D eigenvalue weighted by atomic mass is 9.91. The lowest BCUT2D eigenvalue weighted by Gasteiger charge is -2.21. The van der Waals surface area contributed by atoms with Gasteiger partial charge < -0.3 is 15.9 Å². The van der Waals surface area contributed by atoms with Crippen molar-refractivity contribution < 1.29 is 10.2 Å². The van der Waals surface area contributed by atoms with Crippen molar-refractivity contribution in [2.24, 2.45) is 0 Å². The van der Waals surface area contributed by atoms with Gasteiger partial charge in [0.05, 0.1) is 12.2 Å². The maximum Gasteiger partial charge on any atom is 0.107 e. The Hall–Kier alpha value is -0.515. The first-order chi connectivity index (χ1) is 7.91. The second kappa shape index (κ2) is 5.89. The summed E-state index contributed by atoms with van der Waals surface area (Å²) in [5, 5.41) is 18.8. The predicted octanol–water partition coefficient (Wildman–Crippen LogP) is 0.840. The van der Waals surface area contributed by atoms with Crippen LogP contribution < -0.4 is 5.73 Å². The van der Waals surface area contributed by atoms with Gasteiger partial charge in [0.1, 0.15) is 7.85 Å². The first-order valence-corrected chi connectivity index (χ1v) is 6.59. The molecule has 1 atom stereocenters. The summed E-state index contributed by atoms with van der Waals surface area (Å²) in [4.78, 5) is 0. The van der Waals surface area contributed by atoms with Crippen LogP contribution in [-0.4, -0.2) is 30.3 Å². The number of aryl methyl sites for hydroxylation is 1. The molecule has 94 valence electrons. The fourth-order valence-electron chi connectivity index (χ4n) is 1.75. The van der Waals surface area contributed by atoms with Gasteiger partial charge in [0, 0.05) is 10.2 Å². The Bertz CT molecular complexity index is 396. The first-order valence-electron chi connectivity index (χ1n) is 5.80. The van der Waals surface area contributed by atoms with E-state index in [1.165, 1.54) is 0 Å². The van der Waals surface area contributed by atoms with Crippen molar-refractivity contribution in [2.45, 2.75) is 31.7 Å². The van der Waals surface area contributed by atoms with E-state index in [0.29, 0.717) is 12.8 Å². The third-order valence-corrected chi connectivity index (χ3v) is 3.76. The number of hydrogen-bond acceptors (Lipinski definition) is 3. The van der Waals surface area contributed by atoms with Gasteiger partial charge in [0.15, 0.2) is 0 Å². The van der Waals surface area contributed by atoms with Crippen molar-refractivity contribution in [1.82, 2.24) is 0 Å². The second-order valence-electron chi connectivity index (χ2n) is 4.61. The van der Waals surface area contributed by atoms with Gasteiger partial charge in [-0.3, -0.25) is 0 Å². The van der Waals surface area contributed by atoms with Gasteiger partial charge in [-0.1, -0.05) is 28.3 Å². The van der Waals surface area contributed by atoms with Crippen molar-refractivity contribution in [3.8, 4) is 0 Å². The Kier molecular flexibility index (Phi) is 5.04. The fraction of sp³-hybridized carbons (Fsp3) is 0.500. The molecule has 3 nitrogen and oxygen atoms in total. The van der Waals surface area contributed by atoms with E-state index in [1.807, 2.05) is 12.1 Å². The zero-order valence-electron chi connectivity index (χ0n) is 10.3. The molecule has 0 spiro atoms. The van der Waals surface area contributed by atoms with Gasteiger partial charge >= 0.3 is 0 Å². The number of benzene rings is 1. The highest BCUT2D eigenvalue weighted by Gasteiger charge is 2.19. The Labute approximate surface area is 112 Å². The maximum atomic E-state index is 9.76. The highest BCUT2D eigenvalue weighted by Crippen LogP contribution is 2.28. The van der Waals surface area contributed by atoms with Crippen molar-refractivity contribution in [3.63, 3.8) is 0 Å². The molecule has 0 aliphatic heterocycles. The molecule has 0 aliphatic rings. The van der Waals surface area contributed by atoms with Gasteiger partial charge in [-0.2, -0.15) is 0 Å². The highest BCUT2D eigenvalue weighted by atomic mass is 79.9. The lowest BCUT2D eigenvalue weighted by Crippen LogP contribution is -2.29. The summed E-state index contributed by atoms with van der Waals surface area (Å²) in [6.07, 6.45) is 2.04. The van der Waals surface area contributed by atoms with Crippen molar-refractivity contribution in [3.05, 3.63) is 27.7 Å². The summed E-state index contributed by atoms with van der Waals surface area (Å²) >= 11 is 3.48. The molecule has 0 saturated carbocycles. The van der Waals surface area contributed by atoms with Gasteiger partial charge in [-0.15, -0.1) is 0 Å². The SMILES string of the molecule is BCc1c(Br)ccc(CCC(C)(O)CO)c1N. The molecule has 1 rings (SSSR count). The first kappa shape index (κ1) is 14.5. The van der Waals surface area contributed by atoms with Gasteiger partial charge in [0.25, 0.3) is 0 Å². The Morgan fingerprint density at radius 3 is 2.65 bits per heavy atom. The van der Waals surface area contributed by atoms with Gasteiger partial charge in [0.2, 0.25) is 0 Å². The molecule has 4 N–H and O–H groups in total. The number of halogens is 1. The van der Waals surface area contributed by atoms with Crippen LogP contribution in [0.2, 0.25) is 0 Å². The molecule has 1 unspecified atom stereocenters. The topological polar surface area (TPSA) is 66.5 Å². The van der Waals surface area contributed by atoms with Gasteiger partial charge in [-0.25, -0.2) is 0 Å². The Morgan fingerprint density at radius 1 is 1.47 bits per heavy atom. The number of anilines is 1. The molecule has 0 amide bonds. The smallest absolute Gasteiger partial charge is 0.107 e. The minimum atomic E-state index is -1.04. The fourth-order valence-corrected chi connectivity index (χ4v) is 2.37. The summed E-state index contributed by atoms with van der Waals surface area (Å²) in [6, 6.07) is 3.95. The van der Waals surface area contributed by atoms with Crippen LogP contribution >= 0.6 is 15.9 Å². The number of aliphatic hydroxyl groups excluding tert-OH is 1. The van der Waals surface area contributed by atoms with E-state index < -0.39 is 5.60 Å². The molecule has 17 heavy (non-hydrogen) atoms. The molecule has 0 radical (unpaired) electrons. The number of rotatable bonds is 5. The average Bonchev–Trinajstić information content (AvgIpc) is 2.29. The molecule has 1 aromatic carbocycles. The summed E-state index contributed by atoms with van der Waals surface area (Å²) in [6.45, 7) is 1.40. The van der Waals surface area contributed by atoms with E-state index in [2.05, 4.69) is 23.8 Å². The van der Waals surface area contributed by atoms with E-state index >= 15 is 0 Å². The van der Waals surface area contributed by atoms with Crippen molar-refractivity contribution >= 4 is 29.5 Å². The molecule has 1 aromatic rings. The van der Waals surface area contributed by atoms with E-state index in [1.54, 1.807) is 6.92 Å². The van der Waals surface area contributed by atoms with E-state index in [9.17, 15) is 5.11 Å². The molecular formula is C12H19BBrNO2. The van der Waals surface area contributed by atoms with E-state index in [4.69, 9.17) is 10.8 Å². The average molecular weight is 300 g/mol. The molecule has 5 heteroatoms. The van der Waals surface area contributed by atoms with Crippen LogP contribution in [0.5, 0.6) is 0 Å². The van der Waals surface area contributed by atoms with Crippen LogP contribution in [-0.2, 0) is 12.7 Å². The van der Waals surface area contributed by atoms with Crippen LogP contribution in [0.15, 0.2) is 16.6 Å². The van der Waals surface area contributed by atoms with E-state index in [0.717, 1.165) is 27.6 Å². The third kappa shape index (κ3) is 3.73. The summed E-state index contributed by atoms with van der Waals surface area (Å²) in [7, 11) is 2.06. The molecule has 0 heterocycles. The molecule has 0 saturated heterocycles. The third-order valence-electron chi connectivity index (χ3n) is 3.02. The summed E-state index contributed by atoms with van der Waals surface area (Å²) in [5.74, 6) is 0. The lowest BCUT2D eigenvalue weighted by molar-refractivity contribution is -0.00471. The maximum absolute atomic E-state index is 9.76. The summed E-state index contributed by atoms with van der Waals surface area (Å²) in [5.41, 5.74) is 7.97. The van der Waals surface area contributed by atoms with Crippen LogP contribution in [0.3, 0.4) is 0 Å². The predicted molar refractivity (Wildman–Crippen MR) is 76.8 cm³/mol. The minimum Gasteiger partial charge on any atom is -0.398 e. The molecule has 0 aliphatic carbocycles. The zero-order valence-corrected chi connectivity index (χ0v) is 11.9. The van der Waals surface area contributed by atoms with Crippen molar-refractivity contribution in [2.75, 3.05) is 12.3 Å². The molecule has 0 fully saturated rings. The largest absolute Gasteiger partial charge is 0.398 e. The van der Waals surface area contributed by atoms with Crippen LogP contribution in [0, 0.1) is 0 Å². The Morgan fingerprint density at radius 2 is 2.12 bits per heavy atom. The van der Waals surface area contributed by atoms with E-state index in [-0.39, 0.29) is 6.61 Å². The standard InChI is InChI=1S/C12H19BBrNO2/c1-12(17,7-16)5-4-8-2-3-10(14)9(6-13)11(8)15/h2-3,16-17H,4-7,13,15H2,1H3. The number of aliphatic hydroxyl groups is 2. The highest BCUT2D eigenvalue weighted by molar-refractivity contribution is 9.10. The minimum absolute atomic E-state index is 0.232. The number of nitrogen functional groups attached to an aromatic ring is 1. The van der Waals surface area contributed by atoms with Crippen LogP contribution in [0.4, 0.5) is 5.69 Å².